The van der Waals surface area contributed by atoms with Crippen LogP contribution in [-0.4, -0.2) is 52.5 Å². The summed E-state index contributed by atoms with van der Waals surface area (Å²) in [5.41, 5.74) is 0. The van der Waals surface area contributed by atoms with Gasteiger partial charge in [0.05, 0.1) is 12.7 Å². The average molecular weight is 217 g/mol. The molecule has 0 aliphatic heterocycles. The lowest BCUT2D eigenvalue weighted by Gasteiger charge is -2.09. The second-order valence-electron chi connectivity index (χ2n) is 3.88. The zero-order valence-corrected chi connectivity index (χ0v) is 10.4. The van der Waals surface area contributed by atoms with E-state index in [1.807, 2.05) is 7.05 Å². The van der Waals surface area contributed by atoms with Gasteiger partial charge in [0.25, 0.3) is 0 Å². The van der Waals surface area contributed by atoms with Gasteiger partial charge in [0.15, 0.2) is 0 Å². The van der Waals surface area contributed by atoms with E-state index in [0.29, 0.717) is 6.10 Å². The lowest BCUT2D eigenvalue weighted by atomic mass is 10.4. The first-order chi connectivity index (χ1) is 7.27. The summed E-state index contributed by atoms with van der Waals surface area (Å²) in [7, 11) is 1.98. The second-order valence-corrected chi connectivity index (χ2v) is 3.88. The predicted molar refractivity (Wildman–Crippen MR) is 65.4 cm³/mol. The SMILES string of the molecule is CNCCCNCCNCCOC(C)C. The molecule has 3 N–H and O–H groups in total. The van der Waals surface area contributed by atoms with E-state index >= 15 is 0 Å². The highest BCUT2D eigenvalue weighted by Gasteiger charge is 1.92. The highest BCUT2D eigenvalue weighted by atomic mass is 16.5. The first-order valence-electron chi connectivity index (χ1n) is 5.95. The van der Waals surface area contributed by atoms with Crippen molar-refractivity contribution in [2.75, 3.05) is 46.4 Å². The van der Waals surface area contributed by atoms with E-state index in [-0.39, 0.29) is 0 Å². The van der Waals surface area contributed by atoms with Gasteiger partial charge in [-0.05, 0) is 40.4 Å². The van der Waals surface area contributed by atoms with Crippen molar-refractivity contribution < 1.29 is 4.74 Å². The first-order valence-corrected chi connectivity index (χ1v) is 5.95. The quantitative estimate of drug-likeness (QED) is 0.433. The Hall–Kier alpha value is -0.160. The third-order valence-electron chi connectivity index (χ3n) is 1.99. The monoisotopic (exact) mass is 217 g/mol. The van der Waals surface area contributed by atoms with Gasteiger partial charge in [-0.2, -0.15) is 0 Å². The minimum atomic E-state index is 0.339. The lowest BCUT2D eigenvalue weighted by Crippen LogP contribution is -2.31. The number of ether oxygens (including phenoxy) is 1. The molecule has 0 bridgehead atoms. The molecule has 0 rings (SSSR count). The Morgan fingerprint density at radius 1 is 0.933 bits per heavy atom. The van der Waals surface area contributed by atoms with Crippen LogP contribution in [-0.2, 0) is 4.74 Å². The Bertz CT molecular complexity index is 120. The fourth-order valence-electron chi connectivity index (χ4n) is 1.18. The molecule has 92 valence electrons. The van der Waals surface area contributed by atoms with Crippen LogP contribution < -0.4 is 16.0 Å². The molecule has 15 heavy (non-hydrogen) atoms. The summed E-state index contributed by atoms with van der Waals surface area (Å²) in [6.45, 7) is 10.1. The van der Waals surface area contributed by atoms with E-state index in [1.165, 1.54) is 6.42 Å². The van der Waals surface area contributed by atoms with Crippen molar-refractivity contribution in [1.82, 2.24) is 16.0 Å². The van der Waals surface area contributed by atoms with Crippen LogP contribution >= 0.6 is 0 Å². The van der Waals surface area contributed by atoms with E-state index in [0.717, 1.165) is 39.3 Å². The van der Waals surface area contributed by atoms with Crippen molar-refractivity contribution in [3.8, 4) is 0 Å². The van der Waals surface area contributed by atoms with Crippen LogP contribution in [0.4, 0.5) is 0 Å². The highest BCUT2D eigenvalue weighted by Crippen LogP contribution is 1.84. The van der Waals surface area contributed by atoms with Gasteiger partial charge in [-0.3, -0.25) is 0 Å². The number of hydrogen-bond acceptors (Lipinski definition) is 4. The van der Waals surface area contributed by atoms with Crippen LogP contribution in [0.5, 0.6) is 0 Å². The van der Waals surface area contributed by atoms with Crippen LogP contribution in [0.1, 0.15) is 20.3 Å². The van der Waals surface area contributed by atoms with Crippen molar-refractivity contribution in [1.29, 1.82) is 0 Å². The largest absolute Gasteiger partial charge is 0.377 e. The smallest absolute Gasteiger partial charge is 0.0594 e. The van der Waals surface area contributed by atoms with Crippen LogP contribution in [0.2, 0.25) is 0 Å². The summed E-state index contributed by atoms with van der Waals surface area (Å²) < 4.78 is 5.41. The zero-order valence-electron chi connectivity index (χ0n) is 10.4. The van der Waals surface area contributed by atoms with Gasteiger partial charge in [0.1, 0.15) is 0 Å². The lowest BCUT2D eigenvalue weighted by molar-refractivity contribution is 0.0810. The minimum Gasteiger partial charge on any atom is -0.377 e. The molecular weight excluding hydrogens is 190 g/mol. The molecule has 0 saturated carbocycles. The highest BCUT2D eigenvalue weighted by molar-refractivity contribution is 4.53. The molecule has 0 aromatic rings. The third-order valence-corrected chi connectivity index (χ3v) is 1.99. The Labute approximate surface area is 94.2 Å². The van der Waals surface area contributed by atoms with Crippen LogP contribution in [0.25, 0.3) is 0 Å². The third kappa shape index (κ3) is 13.8. The van der Waals surface area contributed by atoms with Gasteiger partial charge in [-0.25, -0.2) is 0 Å². The van der Waals surface area contributed by atoms with E-state index < -0.39 is 0 Å². The van der Waals surface area contributed by atoms with Gasteiger partial charge in [-0.15, -0.1) is 0 Å². The molecule has 0 aliphatic rings. The summed E-state index contributed by atoms with van der Waals surface area (Å²) >= 11 is 0. The molecule has 4 nitrogen and oxygen atoms in total. The van der Waals surface area contributed by atoms with E-state index in [4.69, 9.17) is 4.74 Å². The average Bonchev–Trinajstić information content (AvgIpc) is 2.20. The van der Waals surface area contributed by atoms with Crippen molar-refractivity contribution in [3.05, 3.63) is 0 Å². The Kier molecular flexibility index (Phi) is 11.8. The summed E-state index contributed by atoms with van der Waals surface area (Å²) in [6.07, 6.45) is 1.53. The van der Waals surface area contributed by atoms with Crippen LogP contribution in [0, 0.1) is 0 Å². The minimum absolute atomic E-state index is 0.339. The molecule has 4 heteroatoms. The molecular formula is C11H27N3O. The van der Waals surface area contributed by atoms with Gasteiger partial charge in [0, 0.05) is 19.6 Å². The van der Waals surface area contributed by atoms with E-state index in [1.54, 1.807) is 0 Å². The Balaban J connectivity index is 2.87. The maximum atomic E-state index is 5.41. The molecule has 0 radical (unpaired) electrons. The summed E-state index contributed by atoms with van der Waals surface area (Å²) in [4.78, 5) is 0. The summed E-state index contributed by atoms with van der Waals surface area (Å²) in [5.74, 6) is 0. The van der Waals surface area contributed by atoms with E-state index in [9.17, 15) is 0 Å². The van der Waals surface area contributed by atoms with Gasteiger partial charge in [-0.1, -0.05) is 0 Å². The molecule has 0 aliphatic carbocycles. The van der Waals surface area contributed by atoms with Crippen molar-refractivity contribution in [2.24, 2.45) is 0 Å². The molecule has 0 aromatic carbocycles. The van der Waals surface area contributed by atoms with Crippen LogP contribution in [0.3, 0.4) is 0 Å². The standard InChI is InChI=1S/C11H27N3O/c1-11(2)15-10-9-14-8-7-13-6-4-5-12-3/h11-14H,4-10H2,1-3H3. The molecule has 0 saturated heterocycles. The molecule has 0 unspecified atom stereocenters. The number of nitrogens with one attached hydrogen (secondary N) is 3. The van der Waals surface area contributed by atoms with Crippen LogP contribution in [0.15, 0.2) is 0 Å². The number of rotatable bonds is 11. The van der Waals surface area contributed by atoms with E-state index in [2.05, 4.69) is 29.8 Å². The molecule has 0 heterocycles. The molecule has 0 amide bonds. The van der Waals surface area contributed by atoms with Crippen molar-refractivity contribution in [2.45, 2.75) is 26.4 Å². The maximum absolute atomic E-state index is 5.41. The summed E-state index contributed by atoms with van der Waals surface area (Å²) in [5, 5.41) is 9.83. The zero-order chi connectivity index (χ0) is 11.4. The fourth-order valence-corrected chi connectivity index (χ4v) is 1.18. The maximum Gasteiger partial charge on any atom is 0.0594 e. The summed E-state index contributed by atoms with van der Waals surface area (Å²) in [6, 6.07) is 0. The Morgan fingerprint density at radius 2 is 1.60 bits per heavy atom. The van der Waals surface area contributed by atoms with Crippen molar-refractivity contribution in [3.63, 3.8) is 0 Å². The first kappa shape index (κ1) is 14.8. The van der Waals surface area contributed by atoms with Gasteiger partial charge < -0.3 is 20.7 Å². The normalized spacial score (nSPS) is 11.2. The van der Waals surface area contributed by atoms with Gasteiger partial charge in [0.2, 0.25) is 0 Å². The number of hydrogen-bond donors (Lipinski definition) is 3. The second kappa shape index (κ2) is 11.9. The van der Waals surface area contributed by atoms with Gasteiger partial charge >= 0.3 is 0 Å². The molecule has 0 aromatic heterocycles. The molecule has 0 fully saturated rings. The predicted octanol–water partition coefficient (Wildman–Crippen LogP) is 0.200. The Morgan fingerprint density at radius 3 is 2.20 bits per heavy atom. The molecule has 0 spiro atoms. The topological polar surface area (TPSA) is 45.3 Å². The molecule has 0 atom stereocenters. The van der Waals surface area contributed by atoms with Crippen molar-refractivity contribution >= 4 is 0 Å². The fraction of sp³-hybridized carbons (Fsp3) is 1.00.